The minimum absolute atomic E-state index is 0.00153. The van der Waals surface area contributed by atoms with Crippen LogP contribution in [0, 0.1) is 5.82 Å². The fourth-order valence-electron chi connectivity index (χ4n) is 1.69. The van der Waals surface area contributed by atoms with E-state index in [1.165, 1.54) is 0 Å². The van der Waals surface area contributed by atoms with Crippen LogP contribution in [-0.2, 0) is 11.8 Å². The van der Waals surface area contributed by atoms with Crippen molar-refractivity contribution in [1.29, 1.82) is 0 Å². The third kappa shape index (κ3) is 1.49. The van der Waals surface area contributed by atoms with Gasteiger partial charge in [-0.1, -0.05) is 26.8 Å². The van der Waals surface area contributed by atoms with Crippen LogP contribution in [0.25, 0.3) is 0 Å². The maximum absolute atomic E-state index is 13.6. The largest absolute Gasteiger partial charge is 0.490 e. The van der Waals surface area contributed by atoms with Crippen LogP contribution in [0.4, 0.5) is 4.39 Å². The van der Waals surface area contributed by atoms with Gasteiger partial charge in [-0.05, 0) is 17.0 Å². The molecule has 0 aromatic heterocycles. The van der Waals surface area contributed by atoms with Crippen LogP contribution in [0.3, 0.4) is 0 Å². The van der Waals surface area contributed by atoms with Gasteiger partial charge in [0.2, 0.25) is 0 Å². The molecule has 0 fully saturated rings. The molecule has 0 aliphatic carbocycles. The zero-order chi connectivity index (χ0) is 10.3. The molecule has 0 atom stereocenters. The van der Waals surface area contributed by atoms with Crippen LogP contribution < -0.4 is 4.74 Å². The molecular weight excluding hydrogens is 179 g/mol. The Bertz CT molecular complexity index is 363. The van der Waals surface area contributed by atoms with Crippen LogP contribution in [0.15, 0.2) is 12.1 Å². The van der Waals surface area contributed by atoms with Crippen LogP contribution in [-0.4, -0.2) is 6.61 Å². The third-order valence-corrected chi connectivity index (χ3v) is 2.60. The van der Waals surface area contributed by atoms with Gasteiger partial charge in [0, 0.05) is 12.0 Å². The van der Waals surface area contributed by atoms with Crippen molar-refractivity contribution in [3.63, 3.8) is 0 Å². The average Bonchev–Trinajstić information content (AvgIpc) is 2.50. The van der Waals surface area contributed by atoms with Crippen molar-refractivity contribution in [2.24, 2.45) is 0 Å². The summed E-state index contributed by atoms with van der Waals surface area (Å²) in [5.41, 5.74) is 2.05. The number of fused-ring (bicyclic) bond motifs is 1. The summed E-state index contributed by atoms with van der Waals surface area (Å²) in [4.78, 5) is 0. The van der Waals surface area contributed by atoms with E-state index in [1.54, 1.807) is 6.07 Å². The van der Waals surface area contributed by atoms with E-state index in [2.05, 4.69) is 26.8 Å². The quantitative estimate of drug-likeness (QED) is 0.616. The third-order valence-electron chi connectivity index (χ3n) is 2.60. The zero-order valence-corrected chi connectivity index (χ0v) is 8.86. The summed E-state index contributed by atoms with van der Waals surface area (Å²) in [6.07, 6.45) is 0.830. The summed E-state index contributed by atoms with van der Waals surface area (Å²) in [5.74, 6) is 0.239. The SMILES string of the molecule is CC(C)(C)c1cc(F)c2c(c1)CCO2. The summed E-state index contributed by atoms with van der Waals surface area (Å²) in [6, 6.07) is 3.65. The van der Waals surface area contributed by atoms with Gasteiger partial charge in [-0.25, -0.2) is 4.39 Å². The summed E-state index contributed by atoms with van der Waals surface area (Å²) in [6.45, 7) is 6.87. The van der Waals surface area contributed by atoms with Crippen molar-refractivity contribution in [2.75, 3.05) is 6.61 Å². The van der Waals surface area contributed by atoms with Crippen LogP contribution in [0.1, 0.15) is 31.9 Å². The van der Waals surface area contributed by atoms with E-state index < -0.39 is 0 Å². The standard InChI is InChI=1S/C12H15FO/c1-12(2,3)9-6-8-4-5-14-11(8)10(13)7-9/h6-7H,4-5H2,1-3H3. The molecule has 2 rings (SSSR count). The molecule has 1 aromatic carbocycles. The number of hydrogen-bond donors (Lipinski definition) is 0. The van der Waals surface area contributed by atoms with E-state index in [4.69, 9.17) is 4.74 Å². The van der Waals surface area contributed by atoms with E-state index in [-0.39, 0.29) is 11.2 Å². The molecule has 0 saturated carbocycles. The van der Waals surface area contributed by atoms with Gasteiger partial charge in [-0.3, -0.25) is 0 Å². The molecule has 0 amide bonds. The van der Waals surface area contributed by atoms with Gasteiger partial charge < -0.3 is 4.74 Å². The van der Waals surface area contributed by atoms with Crippen LogP contribution >= 0.6 is 0 Å². The molecule has 1 nitrogen and oxygen atoms in total. The van der Waals surface area contributed by atoms with Crippen LogP contribution in [0.5, 0.6) is 5.75 Å². The molecule has 0 bridgehead atoms. The highest BCUT2D eigenvalue weighted by molar-refractivity contribution is 5.43. The lowest BCUT2D eigenvalue weighted by molar-refractivity contribution is 0.339. The van der Waals surface area contributed by atoms with Crippen molar-refractivity contribution >= 4 is 0 Å². The molecule has 0 N–H and O–H groups in total. The Kier molecular flexibility index (Phi) is 2.02. The molecule has 76 valence electrons. The molecule has 1 aromatic rings. The molecule has 1 aliphatic rings. The highest BCUT2D eigenvalue weighted by Gasteiger charge is 2.22. The lowest BCUT2D eigenvalue weighted by atomic mass is 9.86. The smallest absolute Gasteiger partial charge is 0.165 e. The predicted octanol–water partition coefficient (Wildman–Crippen LogP) is 3.06. The van der Waals surface area contributed by atoms with Gasteiger partial charge >= 0.3 is 0 Å². The molecule has 0 saturated heterocycles. The maximum atomic E-state index is 13.6. The molecule has 1 heterocycles. The first-order chi connectivity index (χ1) is 6.48. The molecular formula is C12H15FO. The highest BCUT2D eigenvalue weighted by Crippen LogP contribution is 2.33. The van der Waals surface area contributed by atoms with Gasteiger partial charge in [-0.15, -0.1) is 0 Å². The van der Waals surface area contributed by atoms with Gasteiger partial charge in [0.05, 0.1) is 6.61 Å². The van der Waals surface area contributed by atoms with Crippen molar-refractivity contribution in [1.82, 2.24) is 0 Å². The predicted molar refractivity (Wildman–Crippen MR) is 54.3 cm³/mol. The fraction of sp³-hybridized carbons (Fsp3) is 0.500. The van der Waals surface area contributed by atoms with Crippen molar-refractivity contribution in [2.45, 2.75) is 32.6 Å². The van der Waals surface area contributed by atoms with Gasteiger partial charge in [0.25, 0.3) is 0 Å². The molecule has 0 radical (unpaired) electrons. The number of ether oxygens (including phenoxy) is 1. The topological polar surface area (TPSA) is 9.23 Å². The first-order valence-corrected chi connectivity index (χ1v) is 4.94. The van der Waals surface area contributed by atoms with E-state index in [9.17, 15) is 4.39 Å². The second-order valence-corrected chi connectivity index (χ2v) is 4.79. The van der Waals surface area contributed by atoms with E-state index in [1.807, 2.05) is 0 Å². The molecule has 2 heteroatoms. The number of halogens is 1. The van der Waals surface area contributed by atoms with Gasteiger partial charge in [0.1, 0.15) is 0 Å². The summed E-state index contributed by atoms with van der Waals surface area (Å²) in [5, 5.41) is 0. The van der Waals surface area contributed by atoms with Gasteiger partial charge in [0.15, 0.2) is 11.6 Å². The molecule has 0 unspecified atom stereocenters. The Hall–Kier alpha value is -1.05. The Morgan fingerprint density at radius 3 is 2.64 bits per heavy atom. The summed E-state index contributed by atoms with van der Waals surface area (Å²) < 4.78 is 18.8. The Morgan fingerprint density at radius 2 is 2.00 bits per heavy atom. The van der Waals surface area contributed by atoms with E-state index >= 15 is 0 Å². The first kappa shape index (κ1) is 9.50. The van der Waals surface area contributed by atoms with E-state index in [0.29, 0.717) is 12.4 Å². The Morgan fingerprint density at radius 1 is 1.29 bits per heavy atom. The van der Waals surface area contributed by atoms with Gasteiger partial charge in [-0.2, -0.15) is 0 Å². The number of rotatable bonds is 0. The maximum Gasteiger partial charge on any atom is 0.165 e. The second kappa shape index (κ2) is 2.97. The monoisotopic (exact) mass is 194 g/mol. The fourth-order valence-corrected chi connectivity index (χ4v) is 1.69. The van der Waals surface area contributed by atoms with Crippen molar-refractivity contribution in [3.8, 4) is 5.75 Å². The van der Waals surface area contributed by atoms with Crippen LogP contribution in [0.2, 0.25) is 0 Å². The molecule has 0 spiro atoms. The normalized spacial score (nSPS) is 15.1. The van der Waals surface area contributed by atoms with Crippen molar-refractivity contribution < 1.29 is 9.13 Å². The lowest BCUT2D eigenvalue weighted by Gasteiger charge is -2.19. The van der Waals surface area contributed by atoms with E-state index in [0.717, 1.165) is 17.5 Å². The number of benzene rings is 1. The second-order valence-electron chi connectivity index (χ2n) is 4.79. The minimum Gasteiger partial charge on any atom is -0.490 e. The minimum atomic E-state index is -0.218. The Balaban J connectivity index is 2.52. The highest BCUT2D eigenvalue weighted by atomic mass is 19.1. The first-order valence-electron chi connectivity index (χ1n) is 4.94. The Labute approximate surface area is 83.9 Å². The summed E-state index contributed by atoms with van der Waals surface area (Å²) >= 11 is 0. The number of hydrogen-bond acceptors (Lipinski definition) is 1. The summed E-state index contributed by atoms with van der Waals surface area (Å²) in [7, 11) is 0. The average molecular weight is 194 g/mol. The molecule has 1 aliphatic heterocycles. The zero-order valence-electron chi connectivity index (χ0n) is 8.86. The molecule has 14 heavy (non-hydrogen) atoms. The van der Waals surface area contributed by atoms with Crippen molar-refractivity contribution in [3.05, 3.63) is 29.1 Å². The lowest BCUT2D eigenvalue weighted by Crippen LogP contribution is -2.11.